The third kappa shape index (κ3) is 5.08. The van der Waals surface area contributed by atoms with Crippen molar-refractivity contribution in [2.24, 2.45) is 0 Å². The second kappa shape index (κ2) is 8.07. The van der Waals surface area contributed by atoms with Crippen LogP contribution in [0.2, 0.25) is 0 Å². The fourth-order valence-corrected chi connectivity index (χ4v) is 2.83. The van der Waals surface area contributed by atoms with Crippen molar-refractivity contribution in [1.29, 1.82) is 0 Å². The minimum absolute atomic E-state index is 0.0267. The van der Waals surface area contributed by atoms with Crippen molar-refractivity contribution in [2.45, 2.75) is 19.8 Å². The summed E-state index contributed by atoms with van der Waals surface area (Å²) in [6.07, 6.45) is 1.13. The van der Waals surface area contributed by atoms with E-state index in [1.54, 1.807) is 7.11 Å². The third-order valence-corrected chi connectivity index (χ3v) is 3.85. The molecular weight excluding hydrogens is 288 g/mol. The molecule has 0 aliphatic heterocycles. The quantitative estimate of drug-likeness (QED) is 0.762. The summed E-state index contributed by atoms with van der Waals surface area (Å²) in [6.45, 7) is 3.75. The van der Waals surface area contributed by atoms with Gasteiger partial charge in [-0.25, -0.2) is 4.98 Å². The highest BCUT2D eigenvalue weighted by Gasteiger charge is 2.07. The van der Waals surface area contributed by atoms with E-state index in [4.69, 9.17) is 9.47 Å². The summed E-state index contributed by atoms with van der Waals surface area (Å²) in [4.78, 5) is 16.2. The monoisotopic (exact) mass is 308 g/mol. The number of hydrogen-bond acceptors (Lipinski definition) is 5. The Bertz CT molecular complexity index is 598. The fourth-order valence-electron chi connectivity index (χ4n) is 1.85. The van der Waals surface area contributed by atoms with Gasteiger partial charge in [0.05, 0.1) is 23.4 Å². The number of fused-ring (bicyclic) bond motifs is 1. The number of thiazole rings is 1. The summed E-state index contributed by atoms with van der Waals surface area (Å²) >= 11 is 1.50. The maximum atomic E-state index is 11.8. The van der Waals surface area contributed by atoms with Crippen LogP contribution in [0, 0.1) is 6.92 Å². The lowest BCUT2D eigenvalue weighted by Crippen LogP contribution is -2.12. The van der Waals surface area contributed by atoms with E-state index >= 15 is 0 Å². The molecule has 5 nitrogen and oxygen atoms in total. The second-order valence-electron chi connectivity index (χ2n) is 4.75. The summed E-state index contributed by atoms with van der Waals surface area (Å²) in [5, 5.41) is 3.49. The molecule has 1 aromatic heterocycles. The van der Waals surface area contributed by atoms with E-state index in [9.17, 15) is 4.79 Å². The van der Waals surface area contributed by atoms with Gasteiger partial charge in [0.1, 0.15) is 0 Å². The van der Waals surface area contributed by atoms with E-state index in [1.165, 1.54) is 16.9 Å². The minimum atomic E-state index is -0.0267. The topological polar surface area (TPSA) is 60.5 Å². The molecule has 2 rings (SSSR count). The van der Waals surface area contributed by atoms with Gasteiger partial charge in [0.2, 0.25) is 5.91 Å². The Labute approximate surface area is 128 Å². The molecule has 0 spiro atoms. The van der Waals surface area contributed by atoms with Gasteiger partial charge in [-0.15, -0.1) is 0 Å². The highest BCUT2D eigenvalue weighted by Crippen LogP contribution is 2.26. The van der Waals surface area contributed by atoms with E-state index in [-0.39, 0.29) is 5.91 Å². The number of aromatic nitrogens is 1. The Morgan fingerprint density at radius 2 is 2.19 bits per heavy atom. The molecule has 0 atom stereocenters. The van der Waals surface area contributed by atoms with Crippen LogP contribution in [0.5, 0.6) is 0 Å². The number of nitrogens with one attached hydrogen (secondary N) is 1. The normalized spacial score (nSPS) is 11.0. The molecule has 21 heavy (non-hydrogen) atoms. The standard InChI is InChI=1S/C15H20N2O3S/c1-11-5-6-12-13(10-11)21-15(16-12)17-14(18)4-3-7-20-9-8-19-2/h5-6,10H,3-4,7-9H2,1-2H3,(H,16,17,18). The van der Waals surface area contributed by atoms with Gasteiger partial charge >= 0.3 is 0 Å². The number of methoxy groups -OCH3 is 1. The van der Waals surface area contributed by atoms with E-state index in [1.807, 2.05) is 19.1 Å². The van der Waals surface area contributed by atoms with Crippen molar-refractivity contribution in [2.75, 3.05) is 32.2 Å². The minimum Gasteiger partial charge on any atom is -0.382 e. The van der Waals surface area contributed by atoms with Crippen molar-refractivity contribution >= 4 is 32.6 Å². The lowest BCUT2D eigenvalue weighted by Gasteiger charge is -2.03. The molecule has 0 bridgehead atoms. The number of rotatable bonds is 8. The van der Waals surface area contributed by atoms with Gasteiger partial charge in [-0.3, -0.25) is 4.79 Å². The molecule has 0 fully saturated rings. The summed E-state index contributed by atoms with van der Waals surface area (Å²) in [7, 11) is 1.64. The molecule has 0 saturated heterocycles. The molecule has 1 heterocycles. The van der Waals surface area contributed by atoms with Gasteiger partial charge in [-0.2, -0.15) is 0 Å². The van der Waals surface area contributed by atoms with E-state index in [2.05, 4.69) is 16.4 Å². The van der Waals surface area contributed by atoms with Crippen LogP contribution in [0.3, 0.4) is 0 Å². The van der Waals surface area contributed by atoms with Crippen LogP contribution in [-0.2, 0) is 14.3 Å². The Hall–Kier alpha value is -1.50. The van der Waals surface area contributed by atoms with E-state index in [0.717, 1.165) is 10.2 Å². The first-order valence-corrected chi connectivity index (χ1v) is 7.74. The molecule has 0 unspecified atom stereocenters. The van der Waals surface area contributed by atoms with Crippen molar-refractivity contribution in [3.63, 3.8) is 0 Å². The van der Waals surface area contributed by atoms with Crippen LogP contribution in [0.25, 0.3) is 10.2 Å². The number of carbonyl (C=O) groups is 1. The Morgan fingerprint density at radius 3 is 3.00 bits per heavy atom. The van der Waals surface area contributed by atoms with Crippen LogP contribution < -0.4 is 5.32 Å². The molecule has 1 amide bonds. The van der Waals surface area contributed by atoms with Crippen molar-refractivity contribution < 1.29 is 14.3 Å². The fraction of sp³-hybridized carbons (Fsp3) is 0.467. The zero-order valence-electron chi connectivity index (χ0n) is 12.3. The molecule has 0 aliphatic rings. The number of carbonyl (C=O) groups excluding carboxylic acids is 1. The highest BCUT2D eigenvalue weighted by molar-refractivity contribution is 7.22. The summed E-state index contributed by atoms with van der Waals surface area (Å²) in [5.74, 6) is -0.0267. The third-order valence-electron chi connectivity index (χ3n) is 2.91. The second-order valence-corrected chi connectivity index (χ2v) is 5.78. The van der Waals surface area contributed by atoms with Crippen LogP contribution in [-0.4, -0.2) is 37.8 Å². The van der Waals surface area contributed by atoms with Gasteiger partial charge in [0.15, 0.2) is 5.13 Å². The van der Waals surface area contributed by atoms with E-state index in [0.29, 0.717) is 37.8 Å². The number of nitrogens with zero attached hydrogens (tertiary/aromatic N) is 1. The zero-order chi connectivity index (χ0) is 15.1. The molecular formula is C15H20N2O3S. The van der Waals surface area contributed by atoms with Crippen molar-refractivity contribution in [3.8, 4) is 0 Å². The SMILES string of the molecule is COCCOCCCC(=O)Nc1nc2ccc(C)cc2s1. The Kier molecular flexibility index (Phi) is 6.10. The number of aryl methyl sites for hydroxylation is 1. The first-order valence-electron chi connectivity index (χ1n) is 6.93. The average molecular weight is 308 g/mol. The number of anilines is 1. The summed E-state index contributed by atoms with van der Waals surface area (Å²) in [5.41, 5.74) is 2.11. The van der Waals surface area contributed by atoms with Crippen LogP contribution in [0.15, 0.2) is 18.2 Å². The van der Waals surface area contributed by atoms with Crippen LogP contribution in [0.1, 0.15) is 18.4 Å². The first kappa shape index (κ1) is 15.9. The molecule has 0 saturated carbocycles. The van der Waals surface area contributed by atoms with Gasteiger partial charge in [-0.05, 0) is 31.0 Å². The highest BCUT2D eigenvalue weighted by atomic mass is 32.1. The number of benzene rings is 1. The summed E-state index contributed by atoms with van der Waals surface area (Å²) in [6, 6.07) is 6.07. The van der Waals surface area contributed by atoms with Gasteiger partial charge in [0, 0.05) is 20.1 Å². The van der Waals surface area contributed by atoms with Gasteiger partial charge < -0.3 is 14.8 Å². The summed E-state index contributed by atoms with van der Waals surface area (Å²) < 4.78 is 11.3. The van der Waals surface area contributed by atoms with Crippen LogP contribution >= 0.6 is 11.3 Å². The number of ether oxygens (including phenoxy) is 2. The van der Waals surface area contributed by atoms with E-state index < -0.39 is 0 Å². The number of hydrogen-bond donors (Lipinski definition) is 1. The molecule has 1 N–H and O–H groups in total. The maximum absolute atomic E-state index is 11.8. The van der Waals surface area contributed by atoms with Gasteiger partial charge in [0.25, 0.3) is 0 Å². The Balaban J connectivity index is 1.76. The van der Waals surface area contributed by atoms with Crippen molar-refractivity contribution in [1.82, 2.24) is 4.98 Å². The Morgan fingerprint density at radius 1 is 1.33 bits per heavy atom. The molecule has 1 aromatic carbocycles. The molecule has 6 heteroatoms. The zero-order valence-corrected chi connectivity index (χ0v) is 13.2. The van der Waals surface area contributed by atoms with Crippen molar-refractivity contribution in [3.05, 3.63) is 23.8 Å². The molecule has 0 radical (unpaired) electrons. The predicted molar refractivity (Wildman–Crippen MR) is 84.9 cm³/mol. The first-order chi connectivity index (χ1) is 10.2. The smallest absolute Gasteiger partial charge is 0.226 e. The van der Waals surface area contributed by atoms with Gasteiger partial charge in [-0.1, -0.05) is 17.4 Å². The lowest BCUT2D eigenvalue weighted by molar-refractivity contribution is -0.116. The average Bonchev–Trinajstić information content (AvgIpc) is 2.83. The largest absolute Gasteiger partial charge is 0.382 e. The maximum Gasteiger partial charge on any atom is 0.226 e. The molecule has 2 aromatic rings. The lowest BCUT2D eigenvalue weighted by atomic mass is 10.2. The predicted octanol–water partition coefficient (Wildman–Crippen LogP) is 2.99. The van der Waals surface area contributed by atoms with Crippen LogP contribution in [0.4, 0.5) is 5.13 Å². The number of amides is 1. The molecule has 0 aliphatic carbocycles. The molecule has 114 valence electrons.